The molecule has 0 aliphatic rings. The molecule has 1 rings (SSSR count). The van der Waals surface area contributed by atoms with E-state index in [0.717, 1.165) is 6.07 Å². The number of hydrogen-bond acceptors (Lipinski definition) is 1. The minimum Gasteiger partial charge on any atom is -0.294 e. The third-order valence-electron chi connectivity index (χ3n) is 1.87. The summed E-state index contributed by atoms with van der Waals surface area (Å²) in [5, 5.41) is 0. The minimum atomic E-state index is -0.782. The highest BCUT2D eigenvalue weighted by Gasteiger charge is 2.12. The molecule has 0 saturated heterocycles. The number of aryl methyl sites for hydroxylation is 1. The average Bonchev–Trinajstić information content (AvgIpc) is 2.10. The quantitative estimate of drug-likeness (QED) is 0.646. The lowest BCUT2D eigenvalue weighted by Crippen LogP contribution is -2.02. The van der Waals surface area contributed by atoms with Gasteiger partial charge in [0.05, 0.1) is 5.56 Å². The van der Waals surface area contributed by atoms with Gasteiger partial charge in [-0.2, -0.15) is 0 Å². The SMILES string of the molecule is CCC(=O)c1cc(C)c(F)cc1F. The largest absolute Gasteiger partial charge is 0.294 e. The number of hydrogen-bond donors (Lipinski definition) is 0. The minimum absolute atomic E-state index is 0.0265. The van der Waals surface area contributed by atoms with Crippen LogP contribution < -0.4 is 0 Å². The first kappa shape index (κ1) is 9.84. The summed E-state index contributed by atoms with van der Waals surface area (Å²) in [4.78, 5) is 11.1. The molecule has 0 aliphatic heterocycles. The van der Waals surface area contributed by atoms with Crippen LogP contribution in [0.2, 0.25) is 0 Å². The molecule has 0 unspecified atom stereocenters. The summed E-state index contributed by atoms with van der Waals surface area (Å²) >= 11 is 0. The number of halogens is 2. The normalized spacial score (nSPS) is 10.2. The number of benzene rings is 1. The Bertz CT molecular complexity index is 345. The second-order valence-corrected chi connectivity index (χ2v) is 2.86. The highest BCUT2D eigenvalue weighted by atomic mass is 19.1. The Morgan fingerprint density at radius 2 is 1.92 bits per heavy atom. The molecule has 0 amide bonds. The van der Waals surface area contributed by atoms with Gasteiger partial charge in [-0.1, -0.05) is 6.92 Å². The summed E-state index contributed by atoms with van der Waals surface area (Å²) < 4.78 is 25.8. The molecule has 0 aliphatic carbocycles. The van der Waals surface area contributed by atoms with Crippen molar-refractivity contribution in [3.8, 4) is 0 Å². The molecule has 1 nitrogen and oxygen atoms in total. The summed E-state index contributed by atoms with van der Waals surface area (Å²) in [5.41, 5.74) is 0.264. The molecule has 0 atom stereocenters. The molecular weight excluding hydrogens is 174 g/mol. The van der Waals surface area contributed by atoms with Gasteiger partial charge in [0.15, 0.2) is 5.78 Å². The topological polar surface area (TPSA) is 17.1 Å². The van der Waals surface area contributed by atoms with Gasteiger partial charge in [-0.05, 0) is 18.6 Å². The third kappa shape index (κ3) is 1.91. The summed E-state index contributed by atoms with van der Waals surface area (Å²) in [7, 11) is 0. The lowest BCUT2D eigenvalue weighted by atomic mass is 10.1. The second-order valence-electron chi connectivity index (χ2n) is 2.86. The van der Waals surface area contributed by atoms with E-state index in [4.69, 9.17) is 0 Å². The van der Waals surface area contributed by atoms with Crippen LogP contribution in [0, 0.1) is 18.6 Å². The van der Waals surface area contributed by atoms with E-state index in [1.54, 1.807) is 6.92 Å². The number of Topliss-reactive ketones (excluding diaryl/α,β-unsaturated/α-hetero) is 1. The zero-order chi connectivity index (χ0) is 10.0. The highest BCUT2D eigenvalue weighted by molar-refractivity contribution is 5.96. The monoisotopic (exact) mass is 184 g/mol. The van der Waals surface area contributed by atoms with E-state index in [0.29, 0.717) is 5.56 Å². The molecule has 0 heterocycles. The van der Waals surface area contributed by atoms with Crippen molar-refractivity contribution in [2.75, 3.05) is 0 Å². The Hall–Kier alpha value is -1.25. The van der Waals surface area contributed by atoms with Crippen LogP contribution >= 0.6 is 0 Å². The molecule has 1 aromatic rings. The molecule has 0 spiro atoms. The second kappa shape index (κ2) is 3.64. The van der Waals surface area contributed by atoms with Crippen LogP contribution in [-0.4, -0.2) is 5.78 Å². The molecular formula is C10H10F2O. The summed E-state index contributed by atoms with van der Waals surface area (Å²) in [6.07, 6.45) is 0.224. The molecule has 70 valence electrons. The maximum absolute atomic E-state index is 13.0. The molecule has 0 aromatic heterocycles. The van der Waals surface area contributed by atoms with Gasteiger partial charge in [0.2, 0.25) is 0 Å². The fourth-order valence-electron chi connectivity index (χ4n) is 1.06. The van der Waals surface area contributed by atoms with Gasteiger partial charge in [0.1, 0.15) is 11.6 Å². The van der Waals surface area contributed by atoms with Crippen LogP contribution in [0.25, 0.3) is 0 Å². The predicted molar refractivity (Wildman–Crippen MR) is 45.7 cm³/mol. The summed E-state index contributed by atoms with van der Waals surface area (Å²) in [6, 6.07) is 1.99. The van der Waals surface area contributed by atoms with E-state index < -0.39 is 11.6 Å². The van der Waals surface area contributed by atoms with Crippen molar-refractivity contribution >= 4 is 5.78 Å². The standard InChI is InChI=1S/C10H10F2O/c1-3-10(13)7-4-6(2)8(11)5-9(7)12/h4-5H,3H2,1-2H3. The average molecular weight is 184 g/mol. The molecule has 13 heavy (non-hydrogen) atoms. The number of carbonyl (C=O) groups is 1. The first-order valence-corrected chi connectivity index (χ1v) is 4.05. The van der Waals surface area contributed by atoms with E-state index in [9.17, 15) is 13.6 Å². The lowest BCUT2D eigenvalue weighted by Gasteiger charge is -2.02. The summed E-state index contributed by atoms with van der Waals surface area (Å²) in [6.45, 7) is 3.14. The molecule has 0 bridgehead atoms. The highest BCUT2D eigenvalue weighted by Crippen LogP contribution is 2.15. The van der Waals surface area contributed by atoms with Crippen LogP contribution in [0.4, 0.5) is 8.78 Å². The molecule has 0 fully saturated rings. The fourth-order valence-corrected chi connectivity index (χ4v) is 1.06. The van der Waals surface area contributed by atoms with Crippen LogP contribution in [0.3, 0.4) is 0 Å². The van der Waals surface area contributed by atoms with Crippen molar-refractivity contribution in [2.24, 2.45) is 0 Å². The Balaban J connectivity index is 3.23. The number of rotatable bonds is 2. The number of ketones is 1. The van der Waals surface area contributed by atoms with Crippen molar-refractivity contribution in [2.45, 2.75) is 20.3 Å². The van der Waals surface area contributed by atoms with Gasteiger partial charge < -0.3 is 0 Å². The predicted octanol–water partition coefficient (Wildman–Crippen LogP) is 2.87. The van der Waals surface area contributed by atoms with E-state index in [1.807, 2.05) is 0 Å². The van der Waals surface area contributed by atoms with Crippen molar-refractivity contribution in [3.05, 3.63) is 34.9 Å². The van der Waals surface area contributed by atoms with E-state index in [2.05, 4.69) is 0 Å². The van der Waals surface area contributed by atoms with Crippen LogP contribution in [0.5, 0.6) is 0 Å². The van der Waals surface area contributed by atoms with E-state index in [1.165, 1.54) is 13.0 Å². The van der Waals surface area contributed by atoms with Crippen molar-refractivity contribution < 1.29 is 13.6 Å². The maximum atomic E-state index is 13.0. The van der Waals surface area contributed by atoms with Gasteiger partial charge in [-0.15, -0.1) is 0 Å². The van der Waals surface area contributed by atoms with Gasteiger partial charge in [-0.3, -0.25) is 4.79 Å². The Labute approximate surface area is 75.4 Å². The number of carbonyl (C=O) groups excluding carboxylic acids is 1. The molecule has 3 heteroatoms. The maximum Gasteiger partial charge on any atom is 0.165 e. The first-order valence-electron chi connectivity index (χ1n) is 4.05. The first-order chi connectivity index (χ1) is 6.06. The molecule has 0 saturated carbocycles. The van der Waals surface area contributed by atoms with Crippen molar-refractivity contribution in [1.82, 2.24) is 0 Å². The van der Waals surface area contributed by atoms with Gasteiger partial charge in [-0.25, -0.2) is 8.78 Å². The van der Waals surface area contributed by atoms with Crippen molar-refractivity contribution in [1.29, 1.82) is 0 Å². The van der Waals surface area contributed by atoms with E-state index in [-0.39, 0.29) is 17.8 Å². The Morgan fingerprint density at radius 3 is 2.46 bits per heavy atom. The lowest BCUT2D eigenvalue weighted by molar-refractivity contribution is 0.0984. The van der Waals surface area contributed by atoms with Gasteiger partial charge in [0, 0.05) is 12.5 Å². The smallest absolute Gasteiger partial charge is 0.165 e. The molecule has 0 N–H and O–H groups in total. The Kier molecular flexibility index (Phi) is 2.76. The van der Waals surface area contributed by atoms with E-state index >= 15 is 0 Å². The summed E-state index contributed by atoms with van der Waals surface area (Å²) in [5.74, 6) is -1.71. The molecule has 0 radical (unpaired) electrons. The van der Waals surface area contributed by atoms with Gasteiger partial charge in [0.25, 0.3) is 0 Å². The van der Waals surface area contributed by atoms with Gasteiger partial charge >= 0.3 is 0 Å². The van der Waals surface area contributed by atoms with Crippen LogP contribution in [0.1, 0.15) is 29.3 Å². The Morgan fingerprint density at radius 1 is 1.31 bits per heavy atom. The fraction of sp³-hybridized carbons (Fsp3) is 0.300. The van der Waals surface area contributed by atoms with Crippen LogP contribution in [0.15, 0.2) is 12.1 Å². The zero-order valence-corrected chi connectivity index (χ0v) is 7.53. The third-order valence-corrected chi connectivity index (χ3v) is 1.87. The zero-order valence-electron chi connectivity index (χ0n) is 7.53. The van der Waals surface area contributed by atoms with Crippen LogP contribution in [-0.2, 0) is 0 Å². The van der Waals surface area contributed by atoms with Crippen molar-refractivity contribution in [3.63, 3.8) is 0 Å². The molecule has 1 aromatic carbocycles.